The number of sulfone groups is 1. The number of carboxylic acid groups (broad SMARTS) is 2. The number of hydrogen-bond acceptors (Lipinski definition) is 15. The minimum atomic E-state index is -5.72. The molecule has 2 aliphatic rings. The van der Waals surface area contributed by atoms with Crippen molar-refractivity contribution in [2.24, 2.45) is 11.7 Å². The highest BCUT2D eigenvalue weighted by atomic mass is 35.5. The lowest BCUT2D eigenvalue weighted by Gasteiger charge is -2.31. The third-order valence-corrected chi connectivity index (χ3v) is 19.0. The molecule has 3 aromatic carbocycles. The molecule has 0 radical (unpaired) electrons. The number of nitrogens with zero attached hydrogens (tertiary/aromatic N) is 6. The molecule has 3 heterocycles. The number of nitrogens with one attached hydrogen (secondary N) is 2. The number of alkyl halides is 8. The van der Waals surface area contributed by atoms with E-state index in [4.69, 9.17) is 21.9 Å². The van der Waals surface area contributed by atoms with Gasteiger partial charge in [0.05, 0.1) is 47.4 Å². The number of aliphatic carboxylic acids is 2. The van der Waals surface area contributed by atoms with Crippen LogP contribution in [-0.4, -0.2) is 124 Å². The van der Waals surface area contributed by atoms with E-state index in [9.17, 15) is 96.5 Å². The SMILES string of the molecule is CC(C)(CC(=O)N(Cc1nn(CC(F)(F)F)c2c(-c3ccc(C#CC(C)(C)S(C)(=O)=O)nc3[C@H](Cc3cc(F)cc(F)c3)NC(=O)Cn3nc(C(F)(F)F)c4c3C(F)(F)[C@@H]3C[C@H]43)ccc(Cl)c12)[SH](=O)=O)c1c(CC(=O)N[C@@H](CC(=O)O)C(=O)O)cc(C(N)=O)cc1OP(=O)(O)O. The van der Waals surface area contributed by atoms with Gasteiger partial charge in [0, 0.05) is 63.3 Å². The highest BCUT2D eigenvalue weighted by molar-refractivity contribution is 7.92. The molecule has 0 unspecified atom stereocenters. The topological polar surface area (TPSA) is 380 Å². The largest absolute Gasteiger partial charge is 0.524 e. The number of rotatable bonds is 24. The average Bonchev–Trinajstić information content (AvgIpc) is 1.52. The van der Waals surface area contributed by atoms with Crippen LogP contribution >= 0.6 is 19.4 Å². The number of halogens is 11. The number of pyridine rings is 1. The van der Waals surface area contributed by atoms with E-state index in [0.717, 1.165) is 62.6 Å². The third-order valence-electron chi connectivity index (χ3n) is 15.5. The van der Waals surface area contributed by atoms with E-state index in [1.165, 1.54) is 13.8 Å². The molecular formula is C57H53ClF10N9O16PS2. The molecule has 96 heavy (non-hydrogen) atoms. The maximum absolute atomic E-state index is 15.8. The summed E-state index contributed by atoms with van der Waals surface area (Å²) in [7, 11) is -14.0. The van der Waals surface area contributed by atoms with Crippen LogP contribution in [-0.2, 0) is 99.3 Å². The molecule has 516 valence electrons. The molecular weight excluding hydrogens is 1390 g/mol. The fraction of sp³-hybridized carbons (Fsp3) is 0.386. The fourth-order valence-electron chi connectivity index (χ4n) is 11.1. The van der Waals surface area contributed by atoms with E-state index in [1.54, 1.807) is 0 Å². The minimum Gasteiger partial charge on any atom is -0.481 e. The number of phosphoric acid groups is 1. The van der Waals surface area contributed by atoms with E-state index >= 15 is 17.6 Å². The molecule has 25 nitrogen and oxygen atoms in total. The Hall–Kier alpha value is -8.69. The molecule has 2 aliphatic carbocycles. The molecule has 4 amide bonds. The molecule has 39 heteroatoms. The molecule has 0 saturated heterocycles. The van der Waals surface area contributed by atoms with Gasteiger partial charge in [-0.1, -0.05) is 37.4 Å². The van der Waals surface area contributed by atoms with E-state index < -0.39 is 251 Å². The maximum Gasteiger partial charge on any atom is 0.524 e. The maximum atomic E-state index is 15.8. The first-order valence-electron chi connectivity index (χ1n) is 27.8. The number of carboxylic acids is 2. The smallest absolute Gasteiger partial charge is 0.481 e. The summed E-state index contributed by atoms with van der Waals surface area (Å²) in [5, 5.41) is 29.5. The highest BCUT2D eigenvalue weighted by Crippen LogP contribution is 2.68. The lowest BCUT2D eigenvalue weighted by Crippen LogP contribution is -2.43. The molecule has 0 bridgehead atoms. The highest BCUT2D eigenvalue weighted by Gasteiger charge is 2.68. The van der Waals surface area contributed by atoms with Gasteiger partial charge >= 0.3 is 32.1 Å². The second kappa shape index (κ2) is 26.4. The first-order valence-corrected chi connectivity index (χ1v) is 32.7. The van der Waals surface area contributed by atoms with Gasteiger partial charge in [0.2, 0.25) is 34.5 Å². The van der Waals surface area contributed by atoms with Crippen LogP contribution < -0.4 is 20.9 Å². The van der Waals surface area contributed by atoms with Gasteiger partial charge in [-0.05, 0) is 92.1 Å². The van der Waals surface area contributed by atoms with E-state index in [0.29, 0.717) is 12.1 Å². The Morgan fingerprint density at radius 3 is 2.11 bits per heavy atom. The van der Waals surface area contributed by atoms with Crippen molar-refractivity contribution in [3.63, 3.8) is 0 Å². The zero-order chi connectivity index (χ0) is 71.7. The van der Waals surface area contributed by atoms with E-state index in [2.05, 4.69) is 32.3 Å². The summed E-state index contributed by atoms with van der Waals surface area (Å²) in [6.45, 7) is -0.185. The second-order valence-corrected chi connectivity index (χ2v) is 28.7. The van der Waals surface area contributed by atoms with Crippen molar-refractivity contribution in [1.29, 1.82) is 0 Å². The number of carbonyl (C=O) groups excluding carboxylic acids is 4. The van der Waals surface area contributed by atoms with Crippen LogP contribution in [0.4, 0.5) is 43.9 Å². The standard InChI is InChI=1S/C57H53ClF10N9O16PS2/c1-53(2,46-26(17-40(78)72-37(52(84)85)20-43(81)82)15-27(51(69)83)16-39(46)93-94(86,87)88)21-42(80)77(95(89)90)22-38-45-35(58)9-8-32(48(45)76(73-38)24-55(61,62)63)31-7-6-30(10-11-54(3,4)96(5,91)92)70-47(31)36(14-25-12-28(59)18-29(60)13-25)71-41(79)23-75-50-44(49(74-75)57(66,67)68)33-19-34(33)56(50,64)65/h6-9,12-13,15-16,18,33-34,36-37,95H,14,17,19-24H2,1-5H3,(H2,69,83)(H,71,79)(H,72,78)(H,81,82)(H,84,85)(H2,86,87,88)/t33-,34+,36-,37-/m0/s1. The van der Waals surface area contributed by atoms with Crippen LogP contribution in [0.2, 0.25) is 5.02 Å². The van der Waals surface area contributed by atoms with Crippen LogP contribution in [0.5, 0.6) is 5.75 Å². The summed E-state index contributed by atoms with van der Waals surface area (Å²) in [6.07, 6.45) is -14.3. The monoisotopic (exact) mass is 1440 g/mol. The summed E-state index contributed by atoms with van der Waals surface area (Å²) in [4.78, 5) is 103. The zero-order valence-corrected chi connectivity index (χ0v) is 53.4. The van der Waals surface area contributed by atoms with Crippen LogP contribution in [0.25, 0.3) is 22.0 Å². The Kier molecular flexibility index (Phi) is 20.1. The zero-order valence-electron chi connectivity index (χ0n) is 50.1. The van der Waals surface area contributed by atoms with Crippen molar-refractivity contribution < 1.29 is 119 Å². The third kappa shape index (κ3) is 16.2. The van der Waals surface area contributed by atoms with Gasteiger partial charge in [-0.2, -0.15) is 45.3 Å². The molecule has 6 aromatic rings. The number of aromatic nitrogens is 5. The first kappa shape index (κ1) is 73.1. The van der Waals surface area contributed by atoms with Crippen molar-refractivity contribution >= 4 is 86.6 Å². The number of primary amides is 1. The van der Waals surface area contributed by atoms with Gasteiger partial charge < -0.3 is 31.1 Å². The van der Waals surface area contributed by atoms with Gasteiger partial charge in [0.25, 0.3) is 5.92 Å². The quantitative estimate of drug-likeness (QED) is 0.0136. The molecule has 8 N–H and O–H groups in total. The molecule has 4 atom stereocenters. The molecule has 1 saturated carbocycles. The van der Waals surface area contributed by atoms with Crippen LogP contribution in [0, 0.1) is 29.4 Å². The van der Waals surface area contributed by atoms with Gasteiger partial charge in [-0.3, -0.25) is 43.1 Å². The predicted molar refractivity (Wildman–Crippen MR) is 314 cm³/mol. The summed E-state index contributed by atoms with van der Waals surface area (Å²) in [5.74, 6) is -14.2. The number of fused-ring (bicyclic) bond motifs is 4. The minimum absolute atomic E-state index is 0.0323. The number of nitrogens with two attached hydrogens (primary N) is 1. The van der Waals surface area contributed by atoms with Crippen molar-refractivity contribution in [2.45, 2.75) is 126 Å². The Balaban J connectivity index is 1.29. The van der Waals surface area contributed by atoms with E-state index in [-0.39, 0.29) is 31.3 Å². The van der Waals surface area contributed by atoms with Crippen LogP contribution in [0.1, 0.15) is 120 Å². The number of carbonyl (C=O) groups is 6. The van der Waals surface area contributed by atoms with Crippen molar-refractivity contribution in [2.75, 3.05) is 6.26 Å². The molecule has 0 aliphatic heterocycles. The summed E-state index contributed by atoms with van der Waals surface area (Å²) in [6, 6.07) is 3.69. The van der Waals surface area contributed by atoms with Gasteiger partial charge in [-0.15, -0.1) is 0 Å². The molecule has 1 fully saturated rings. The van der Waals surface area contributed by atoms with Crippen LogP contribution in [0.15, 0.2) is 54.6 Å². The van der Waals surface area contributed by atoms with Gasteiger partial charge in [0.15, 0.2) is 15.5 Å². The number of phosphoric ester groups is 1. The molecule has 3 aromatic heterocycles. The Morgan fingerprint density at radius 2 is 1.55 bits per heavy atom. The lowest BCUT2D eigenvalue weighted by atomic mass is 9.77. The van der Waals surface area contributed by atoms with E-state index in [1.807, 2.05) is 5.32 Å². The number of hydrogen-bond donors (Lipinski definition) is 8. The van der Waals surface area contributed by atoms with Crippen molar-refractivity contribution in [1.82, 2.24) is 39.5 Å². The van der Waals surface area contributed by atoms with Crippen LogP contribution in [0.3, 0.4) is 0 Å². The molecule has 8 rings (SSSR count). The van der Waals surface area contributed by atoms with Crippen molar-refractivity contribution in [3.8, 4) is 28.7 Å². The average molecular weight is 1440 g/mol. The normalized spacial score (nSPS) is 16.0. The Labute approximate surface area is 542 Å². The first-order chi connectivity index (χ1) is 44.1. The summed E-state index contributed by atoms with van der Waals surface area (Å²) in [5.41, 5.74) is -5.57. The lowest BCUT2D eigenvalue weighted by molar-refractivity contribution is -0.147. The van der Waals surface area contributed by atoms with Gasteiger partial charge in [0.1, 0.15) is 52.7 Å². The fourth-order valence-corrected chi connectivity index (χ4v) is 12.5. The number of thiol groups is 1. The summed E-state index contributed by atoms with van der Waals surface area (Å²) < 4.78 is 218. The predicted octanol–water partition coefficient (Wildman–Crippen LogP) is 6.67. The van der Waals surface area contributed by atoms with Gasteiger partial charge in [-0.25, -0.2) is 44.3 Å². The Bertz CT molecular complexity index is 4530. The van der Waals surface area contributed by atoms with Crippen molar-refractivity contribution in [3.05, 3.63) is 128 Å². The number of benzene rings is 3. The molecule has 0 spiro atoms. The summed E-state index contributed by atoms with van der Waals surface area (Å²) >= 11 is 6.77. The Morgan fingerprint density at radius 1 is 0.917 bits per heavy atom. The second-order valence-electron chi connectivity index (χ2n) is 23.6. The number of amides is 4.